The highest BCUT2D eigenvalue weighted by atomic mass is 16.5. The number of unbranched alkanes of at least 4 members (excludes halogenated alkanes) is 1. The van der Waals surface area contributed by atoms with Crippen molar-refractivity contribution >= 4 is 17.5 Å². The first-order valence-corrected chi connectivity index (χ1v) is 8.88. The van der Waals surface area contributed by atoms with Crippen molar-refractivity contribution in [3.8, 4) is 5.75 Å². The zero-order valence-electron chi connectivity index (χ0n) is 14.9. The normalized spacial score (nSPS) is 18.5. The van der Waals surface area contributed by atoms with Crippen LogP contribution in [-0.4, -0.2) is 31.0 Å². The lowest BCUT2D eigenvalue weighted by Gasteiger charge is -2.18. The number of carbonyl (C=O) groups excluding carboxylic acids is 2. The molecule has 1 N–H and O–H groups in total. The van der Waals surface area contributed by atoms with Crippen molar-refractivity contribution in [2.45, 2.75) is 52.5 Å². The van der Waals surface area contributed by atoms with Gasteiger partial charge in [-0.1, -0.05) is 19.8 Å². The molecule has 1 fully saturated rings. The van der Waals surface area contributed by atoms with Gasteiger partial charge in [0.05, 0.1) is 12.5 Å². The van der Waals surface area contributed by atoms with Crippen LogP contribution in [0.25, 0.3) is 0 Å². The van der Waals surface area contributed by atoms with Crippen molar-refractivity contribution in [2.75, 3.05) is 18.1 Å². The smallest absolute Gasteiger partial charge is 0.227 e. The zero-order chi connectivity index (χ0) is 17.5. The summed E-state index contributed by atoms with van der Waals surface area (Å²) in [7, 11) is 0. The number of amides is 2. The summed E-state index contributed by atoms with van der Waals surface area (Å²) in [6.45, 7) is 7.15. The molecule has 1 heterocycles. The summed E-state index contributed by atoms with van der Waals surface area (Å²) in [6.07, 6.45) is 3.47. The van der Waals surface area contributed by atoms with Gasteiger partial charge in [-0.2, -0.15) is 0 Å². The van der Waals surface area contributed by atoms with Gasteiger partial charge in [-0.15, -0.1) is 0 Å². The Morgan fingerprint density at radius 2 is 2.04 bits per heavy atom. The van der Waals surface area contributed by atoms with Crippen LogP contribution >= 0.6 is 0 Å². The van der Waals surface area contributed by atoms with E-state index in [1.165, 1.54) is 0 Å². The predicted octanol–water partition coefficient (Wildman–Crippen LogP) is 3.13. The minimum Gasteiger partial charge on any atom is -0.494 e. The maximum absolute atomic E-state index is 12.4. The molecular formula is C19H28N2O3. The molecule has 0 saturated carbocycles. The Morgan fingerprint density at radius 3 is 2.67 bits per heavy atom. The Morgan fingerprint density at radius 1 is 1.33 bits per heavy atom. The van der Waals surface area contributed by atoms with Gasteiger partial charge in [-0.05, 0) is 44.5 Å². The number of hydrogen-bond donors (Lipinski definition) is 1. The lowest BCUT2D eigenvalue weighted by atomic mass is 10.1. The molecule has 1 aliphatic heterocycles. The van der Waals surface area contributed by atoms with Crippen molar-refractivity contribution in [1.82, 2.24) is 5.32 Å². The quantitative estimate of drug-likeness (QED) is 0.795. The summed E-state index contributed by atoms with van der Waals surface area (Å²) < 4.78 is 5.42. The van der Waals surface area contributed by atoms with Gasteiger partial charge in [0.15, 0.2) is 0 Å². The van der Waals surface area contributed by atoms with Crippen molar-refractivity contribution in [3.63, 3.8) is 0 Å². The van der Waals surface area contributed by atoms with Crippen LogP contribution in [0.3, 0.4) is 0 Å². The minimum atomic E-state index is -0.270. The van der Waals surface area contributed by atoms with Crippen molar-refractivity contribution in [1.29, 1.82) is 0 Å². The third kappa shape index (κ3) is 4.73. The van der Waals surface area contributed by atoms with E-state index in [2.05, 4.69) is 12.2 Å². The van der Waals surface area contributed by atoms with Gasteiger partial charge < -0.3 is 15.0 Å². The summed E-state index contributed by atoms with van der Waals surface area (Å²) in [5.41, 5.74) is 0.817. The van der Waals surface area contributed by atoms with E-state index in [0.717, 1.165) is 30.7 Å². The zero-order valence-corrected chi connectivity index (χ0v) is 14.9. The molecule has 2 atom stereocenters. The number of nitrogens with one attached hydrogen (secondary N) is 1. The SMILES string of the molecule is CCCC[C@H](C)NC(=O)[C@H]1CC(=O)N(c2ccc(OCC)cc2)C1. The number of carbonyl (C=O) groups is 2. The molecule has 5 nitrogen and oxygen atoms in total. The molecule has 0 bridgehead atoms. The second-order valence-corrected chi connectivity index (χ2v) is 6.38. The summed E-state index contributed by atoms with van der Waals surface area (Å²) >= 11 is 0. The molecule has 0 radical (unpaired) electrons. The lowest BCUT2D eigenvalue weighted by Crippen LogP contribution is -2.38. The van der Waals surface area contributed by atoms with Crippen LogP contribution in [0.1, 0.15) is 46.5 Å². The maximum Gasteiger partial charge on any atom is 0.227 e. The Kier molecular flexibility index (Phi) is 6.64. The van der Waals surface area contributed by atoms with Crippen molar-refractivity contribution in [3.05, 3.63) is 24.3 Å². The number of rotatable bonds is 8. The Balaban J connectivity index is 1.93. The molecule has 0 aliphatic carbocycles. The first-order chi connectivity index (χ1) is 11.5. The molecule has 0 spiro atoms. The second kappa shape index (κ2) is 8.71. The monoisotopic (exact) mass is 332 g/mol. The molecule has 2 rings (SSSR count). The third-order valence-corrected chi connectivity index (χ3v) is 4.33. The highest BCUT2D eigenvalue weighted by Gasteiger charge is 2.35. The maximum atomic E-state index is 12.4. The first-order valence-electron chi connectivity index (χ1n) is 8.88. The fraction of sp³-hybridized carbons (Fsp3) is 0.579. The van der Waals surface area contributed by atoms with Crippen LogP contribution in [0.4, 0.5) is 5.69 Å². The number of nitrogens with zero attached hydrogens (tertiary/aromatic N) is 1. The number of ether oxygens (including phenoxy) is 1. The van der Waals surface area contributed by atoms with E-state index in [9.17, 15) is 9.59 Å². The Bertz CT molecular complexity index is 556. The van der Waals surface area contributed by atoms with Gasteiger partial charge in [0.25, 0.3) is 0 Å². The topological polar surface area (TPSA) is 58.6 Å². The second-order valence-electron chi connectivity index (χ2n) is 6.38. The van der Waals surface area contributed by atoms with Gasteiger partial charge in [0.1, 0.15) is 5.75 Å². The van der Waals surface area contributed by atoms with E-state index < -0.39 is 0 Å². The summed E-state index contributed by atoms with van der Waals surface area (Å²) in [6, 6.07) is 7.60. The van der Waals surface area contributed by atoms with Crippen LogP contribution in [-0.2, 0) is 9.59 Å². The van der Waals surface area contributed by atoms with Crippen LogP contribution in [0, 0.1) is 5.92 Å². The van der Waals surface area contributed by atoms with Gasteiger partial charge in [0.2, 0.25) is 11.8 Å². The third-order valence-electron chi connectivity index (χ3n) is 4.33. The van der Waals surface area contributed by atoms with Crippen molar-refractivity contribution in [2.24, 2.45) is 5.92 Å². The molecule has 0 unspecified atom stereocenters. The van der Waals surface area contributed by atoms with E-state index in [1.807, 2.05) is 38.1 Å². The number of anilines is 1. The predicted molar refractivity (Wildman–Crippen MR) is 95.2 cm³/mol. The summed E-state index contributed by atoms with van der Waals surface area (Å²) in [5.74, 6) is 0.501. The molecule has 1 aliphatic rings. The molecule has 2 amide bonds. The van der Waals surface area contributed by atoms with E-state index in [1.54, 1.807) is 4.90 Å². The first kappa shape index (κ1) is 18.3. The fourth-order valence-electron chi connectivity index (χ4n) is 2.96. The molecule has 1 aromatic rings. The lowest BCUT2D eigenvalue weighted by molar-refractivity contribution is -0.126. The highest BCUT2D eigenvalue weighted by molar-refractivity contribution is 6.00. The van der Waals surface area contributed by atoms with E-state index in [0.29, 0.717) is 13.2 Å². The molecule has 5 heteroatoms. The highest BCUT2D eigenvalue weighted by Crippen LogP contribution is 2.27. The summed E-state index contributed by atoms with van der Waals surface area (Å²) in [4.78, 5) is 26.3. The van der Waals surface area contributed by atoms with Crippen LogP contribution in [0.5, 0.6) is 5.75 Å². The van der Waals surface area contributed by atoms with Crippen LogP contribution in [0.15, 0.2) is 24.3 Å². The number of benzene rings is 1. The van der Waals surface area contributed by atoms with Gasteiger partial charge in [-0.25, -0.2) is 0 Å². The Hall–Kier alpha value is -2.04. The standard InChI is InChI=1S/C19H28N2O3/c1-4-6-7-14(3)20-19(23)15-12-18(22)21(13-15)16-8-10-17(11-9-16)24-5-2/h8-11,14-15H,4-7,12-13H2,1-3H3,(H,20,23)/t14-,15-/m0/s1. The van der Waals surface area contributed by atoms with Crippen LogP contribution in [0.2, 0.25) is 0 Å². The summed E-state index contributed by atoms with van der Waals surface area (Å²) in [5, 5.41) is 3.04. The average Bonchev–Trinajstić information content (AvgIpc) is 2.96. The largest absolute Gasteiger partial charge is 0.494 e. The Labute approximate surface area is 144 Å². The average molecular weight is 332 g/mol. The van der Waals surface area contributed by atoms with Crippen LogP contribution < -0.4 is 15.0 Å². The molecular weight excluding hydrogens is 304 g/mol. The molecule has 1 aromatic carbocycles. The fourth-order valence-corrected chi connectivity index (χ4v) is 2.96. The molecule has 1 saturated heterocycles. The van der Waals surface area contributed by atoms with Gasteiger partial charge in [-0.3, -0.25) is 9.59 Å². The molecule has 132 valence electrons. The van der Waals surface area contributed by atoms with Gasteiger partial charge in [0, 0.05) is 24.7 Å². The van der Waals surface area contributed by atoms with Gasteiger partial charge >= 0.3 is 0 Å². The van der Waals surface area contributed by atoms with Crippen molar-refractivity contribution < 1.29 is 14.3 Å². The van der Waals surface area contributed by atoms with E-state index in [-0.39, 0.29) is 30.2 Å². The molecule has 24 heavy (non-hydrogen) atoms. The van der Waals surface area contributed by atoms with E-state index in [4.69, 9.17) is 4.74 Å². The molecule has 0 aromatic heterocycles. The number of hydrogen-bond acceptors (Lipinski definition) is 3. The minimum absolute atomic E-state index is 0.000483. The van der Waals surface area contributed by atoms with E-state index >= 15 is 0 Å².